The number of carbonyl (C=O) groups excluding carboxylic acids is 3. The molecule has 2 atom stereocenters. The molecule has 0 bridgehead atoms. The average molecular weight is 386 g/mol. The molecule has 152 valence electrons. The van der Waals surface area contributed by atoms with E-state index in [-0.39, 0.29) is 24.3 Å². The summed E-state index contributed by atoms with van der Waals surface area (Å²) < 4.78 is 0. The lowest BCUT2D eigenvalue weighted by Crippen LogP contribution is -2.54. The number of nitrogens with zero attached hydrogens (tertiary/aromatic N) is 2. The molecule has 1 aliphatic heterocycles. The number of carbonyl (C=O) groups is 3. The van der Waals surface area contributed by atoms with Crippen molar-refractivity contribution in [3.05, 3.63) is 35.4 Å². The zero-order valence-corrected chi connectivity index (χ0v) is 17.2. The van der Waals surface area contributed by atoms with Crippen LogP contribution in [0.4, 0.5) is 4.79 Å². The summed E-state index contributed by atoms with van der Waals surface area (Å²) in [5.41, 5.74) is 1.40. The second-order valence-corrected chi connectivity index (χ2v) is 8.24. The van der Waals surface area contributed by atoms with Gasteiger partial charge in [-0.15, -0.1) is 0 Å². The first-order valence-electron chi connectivity index (χ1n) is 10.3. The van der Waals surface area contributed by atoms with E-state index in [0.29, 0.717) is 19.5 Å². The highest BCUT2D eigenvalue weighted by Gasteiger charge is 2.55. The topological polar surface area (TPSA) is 69.7 Å². The van der Waals surface area contributed by atoms with Gasteiger partial charge in [0.25, 0.3) is 5.91 Å². The summed E-state index contributed by atoms with van der Waals surface area (Å²) in [6.45, 7) is 6.95. The Bertz CT molecular complexity index is 746. The van der Waals surface area contributed by atoms with Crippen LogP contribution in [0, 0.1) is 12.8 Å². The Morgan fingerprint density at radius 1 is 1.25 bits per heavy atom. The Labute approximate surface area is 167 Å². The number of rotatable bonds is 6. The van der Waals surface area contributed by atoms with E-state index in [1.807, 2.05) is 45.0 Å². The molecule has 28 heavy (non-hydrogen) atoms. The van der Waals surface area contributed by atoms with E-state index in [1.54, 1.807) is 4.90 Å². The van der Waals surface area contributed by atoms with Crippen LogP contribution in [-0.2, 0) is 16.1 Å². The minimum absolute atomic E-state index is 0.0945. The van der Waals surface area contributed by atoms with Crippen LogP contribution in [-0.4, -0.2) is 46.3 Å². The summed E-state index contributed by atoms with van der Waals surface area (Å²) in [6.07, 6.45) is 4.40. The van der Waals surface area contributed by atoms with Crippen LogP contribution < -0.4 is 5.32 Å². The van der Waals surface area contributed by atoms with Gasteiger partial charge in [-0.3, -0.25) is 14.5 Å². The van der Waals surface area contributed by atoms with Crippen LogP contribution in [0.1, 0.15) is 57.1 Å². The molecule has 0 radical (unpaired) electrons. The number of aryl methyl sites for hydroxylation is 1. The third-order valence-corrected chi connectivity index (χ3v) is 6.14. The molecule has 1 spiro atoms. The Balaban J connectivity index is 1.71. The molecule has 3 rings (SSSR count). The molecule has 1 aromatic rings. The fourth-order valence-electron chi connectivity index (χ4n) is 4.35. The maximum Gasteiger partial charge on any atom is 0.325 e. The van der Waals surface area contributed by atoms with Gasteiger partial charge in [0.15, 0.2) is 0 Å². The van der Waals surface area contributed by atoms with Gasteiger partial charge in [-0.1, -0.05) is 56.5 Å². The Kier molecular flexibility index (Phi) is 6.06. The third-order valence-electron chi connectivity index (χ3n) is 6.14. The van der Waals surface area contributed by atoms with E-state index in [4.69, 9.17) is 0 Å². The maximum atomic E-state index is 13.1. The van der Waals surface area contributed by atoms with Crippen LogP contribution in [0.3, 0.4) is 0 Å². The first kappa shape index (κ1) is 20.4. The number of imide groups is 1. The zero-order valence-electron chi connectivity index (χ0n) is 17.2. The molecule has 2 aliphatic rings. The lowest BCUT2D eigenvalue weighted by atomic mass is 9.73. The number of benzene rings is 1. The molecule has 0 aromatic heterocycles. The first-order chi connectivity index (χ1) is 13.4. The van der Waals surface area contributed by atoms with Crippen molar-refractivity contribution >= 4 is 17.8 Å². The molecular weight excluding hydrogens is 354 g/mol. The lowest BCUT2D eigenvalue weighted by Gasteiger charge is -2.36. The summed E-state index contributed by atoms with van der Waals surface area (Å²) in [6, 6.07) is 7.64. The number of hydrogen-bond acceptors (Lipinski definition) is 3. The predicted molar refractivity (Wildman–Crippen MR) is 107 cm³/mol. The summed E-state index contributed by atoms with van der Waals surface area (Å²) in [4.78, 5) is 41.4. The van der Waals surface area contributed by atoms with E-state index >= 15 is 0 Å². The standard InChI is InChI=1S/C22H31N3O3/c1-4-13-24(14-18-10-8-16(2)9-11-18)19(26)15-25-20(27)22(23-21(25)28)12-6-5-7-17(22)3/h8-11,17H,4-7,12-15H2,1-3H3,(H,23,28)/t17-,22-/m1/s1. The minimum atomic E-state index is -0.817. The monoisotopic (exact) mass is 385 g/mol. The van der Waals surface area contributed by atoms with Crippen molar-refractivity contribution in [3.63, 3.8) is 0 Å². The molecule has 1 saturated carbocycles. The molecule has 6 nitrogen and oxygen atoms in total. The zero-order chi connectivity index (χ0) is 20.3. The largest absolute Gasteiger partial charge is 0.337 e. The molecule has 1 heterocycles. The average Bonchev–Trinajstić information content (AvgIpc) is 2.90. The van der Waals surface area contributed by atoms with E-state index in [0.717, 1.165) is 36.1 Å². The Morgan fingerprint density at radius 3 is 2.61 bits per heavy atom. The van der Waals surface area contributed by atoms with Crippen molar-refractivity contribution in [2.75, 3.05) is 13.1 Å². The molecule has 4 amide bonds. The van der Waals surface area contributed by atoms with Crippen molar-refractivity contribution in [2.24, 2.45) is 5.92 Å². The van der Waals surface area contributed by atoms with Gasteiger partial charge in [0.2, 0.25) is 5.91 Å². The third kappa shape index (κ3) is 3.91. The van der Waals surface area contributed by atoms with Crippen molar-refractivity contribution in [3.8, 4) is 0 Å². The summed E-state index contributed by atoms with van der Waals surface area (Å²) in [7, 11) is 0. The van der Waals surface area contributed by atoms with Gasteiger partial charge in [0.05, 0.1) is 0 Å². The van der Waals surface area contributed by atoms with Crippen molar-refractivity contribution < 1.29 is 14.4 Å². The highest BCUT2D eigenvalue weighted by molar-refractivity contribution is 6.09. The lowest BCUT2D eigenvalue weighted by molar-refractivity contribution is -0.140. The SMILES string of the molecule is CCCN(Cc1ccc(C)cc1)C(=O)CN1C(=O)N[C@@]2(CCCC[C@H]2C)C1=O. The molecule has 2 fully saturated rings. The van der Waals surface area contributed by atoms with E-state index in [9.17, 15) is 14.4 Å². The molecular formula is C22H31N3O3. The molecule has 1 N–H and O–H groups in total. The van der Waals surface area contributed by atoms with Crippen molar-refractivity contribution in [2.45, 2.75) is 65.0 Å². The van der Waals surface area contributed by atoms with E-state index < -0.39 is 11.6 Å². The number of hydrogen-bond donors (Lipinski definition) is 1. The van der Waals surface area contributed by atoms with Crippen LogP contribution in [0.25, 0.3) is 0 Å². The predicted octanol–water partition coefficient (Wildman–Crippen LogP) is 3.23. The Hall–Kier alpha value is -2.37. The van der Waals surface area contributed by atoms with Crippen LogP contribution in [0.2, 0.25) is 0 Å². The quantitative estimate of drug-likeness (QED) is 0.765. The number of nitrogens with one attached hydrogen (secondary N) is 1. The van der Waals surface area contributed by atoms with Gasteiger partial charge in [0.1, 0.15) is 12.1 Å². The van der Waals surface area contributed by atoms with Crippen LogP contribution >= 0.6 is 0 Å². The number of amides is 4. The van der Waals surface area contributed by atoms with Gasteiger partial charge < -0.3 is 10.2 Å². The Morgan fingerprint density at radius 2 is 1.96 bits per heavy atom. The van der Waals surface area contributed by atoms with E-state index in [1.165, 1.54) is 5.56 Å². The van der Waals surface area contributed by atoms with E-state index in [2.05, 4.69) is 5.32 Å². The summed E-state index contributed by atoms with van der Waals surface area (Å²) in [5, 5.41) is 2.92. The van der Waals surface area contributed by atoms with Gasteiger partial charge in [-0.2, -0.15) is 0 Å². The van der Waals surface area contributed by atoms with Gasteiger partial charge >= 0.3 is 6.03 Å². The molecule has 6 heteroatoms. The van der Waals surface area contributed by atoms with Gasteiger partial charge in [-0.25, -0.2) is 4.79 Å². The summed E-state index contributed by atoms with van der Waals surface area (Å²) in [5.74, 6) is -0.326. The second kappa shape index (κ2) is 8.33. The minimum Gasteiger partial charge on any atom is -0.337 e. The maximum absolute atomic E-state index is 13.1. The first-order valence-corrected chi connectivity index (χ1v) is 10.3. The smallest absolute Gasteiger partial charge is 0.325 e. The van der Waals surface area contributed by atoms with Crippen LogP contribution in [0.5, 0.6) is 0 Å². The number of urea groups is 1. The van der Waals surface area contributed by atoms with Crippen molar-refractivity contribution in [1.82, 2.24) is 15.1 Å². The fraction of sp³-hybridized carbons (Fsp3) is 0.591. The molecule has 1 aliphatic carbocycles. The van der Waals surface area contributed by atoms with Crippen LogP contribution in [0.15, 0.2) is 24.3 Å². The summed E-state index contributed by atoms with van der Waals surface area (Å²) >= 11 is 0. The second-order valence-electron chi connectivity index (χ2n) is 8.24. The highest BCUT2D eigenvalue weighted by Crippen LogP contribution is 2.38. The van der Waals surface area contributed by atoms with Crippen molar-refractivity contribution in [1.29, 1.82) is 0 Å². The molecule has 1 aromatic carbocycles. The molecule has 0 unspecified atom stereocenters. The fourth-order valence-corrected chi connectivity index (χ4v) is 4.35. The highest BCUT2D eigenvalue weighted by atomic mass is 16.2. The normalized spacial score (nSPS) is 24.5. The van der Waals surface area contributed by atoms with Gasteiger partial charge in [0, 0.05) is 13.1 Å². The van der Waals surface area contributed by atoms with Gasteiger partial charge in [-0.05, 0) is 37.7 Å². The molecule has 1 saturated heterocycles.